The lowest BCUT2D eigenvalue weighted by molar-refractivity contribution is -0.112. The Bertz CT molecular complexity index is 1290. The maximum atomic E-state index is 13.3. The van der Waals surface area contributed by atoms with Gasteiger partial charge in [-0.05, 0) is 42.7 Å². The average molecular weight is 454 g/mol. The predicted octanol–water partition coefficient (Wildman–Crippen LogP) is 2.27. The second-order valence-electron chi connectivity index (χ2n) is 6.17. The maximum Gasteiger partial charge on any atom is 0.273 e. The van der Waals surface area contributed by atoms with Crippen LogP contribution >= 0.6 is 27.3 Å². The normalized spacial score (nSPS) is 12.6. The fourth-order valence-corrected chi connectivity index (χ4v) is 4.44. The number of amides is 1. The fourth-order valence-electron chi connectivity index (χ4n) is 2.95. The number of halogens is 1. The highest BCUT2D eigenvalue weighted by Gasteiger charge is 2.17. The van der Waals surface area contributed by atoms with Crippen LogP contribution in [0.3, 0.4) is 0 Å². The van der Waals surface area contributed by atoms with Gasteiger partial charge in [-0.3, -0.25) is 14.2 Å². The summed E-state index contributed by atoms with van der Waals surface area (Å²) in [5.41, 5.74) is 8.05. The number of aromatic nitrogens is 1. The van der Waals surface area contributed by atoms with Gasteiger partial charge in [-0.25, -0.2) is 0 Å². The second kappa shape index (κ2) is 7.97. The zero-order valence-electron chi connectivity index (χ0n) is 15.2. The van der Waals surface area contributed by atoms with Crippen LogP contribution in [0.1, 0.15) is 16.7 Å². The molecule has 0 fully saturated rings. The molecule has 0 aliphatic carbocycles. The predicted molar refractivity (Wildman–Crippen MR) is 115 cm³/mol. The van der Waals surface area contributed by atoms with E-state index in [0.717, 1.165) is 32.5 Å². The van der Waals surface area contributed by atoms with Gasteiger partial charge in [-0.2, -0.15) is 5.26 Å². The number of hydrogen-bond donors (Lipinski definition) is 1. The molecular formula is C21H16BrN3O2S. The molecule has 0 saturated heterocycles. The quantitative estimate of drug-likeness (QED) is 0.659. The molecule has 0 bridgehead atoms. The molecule has 7 heteroatoms. The van der Waals surface area contributed by atoms with E-state index in [1.54, 1.807) is 6.08 Å². The summed E-state index contributed by atoms with van der Waals surface area (Å²) >= 11 is 4.55. The van der Waals surface area contributed by atoms with Gasteiger partial charge < -0.3 is 5.73 Å². The summed E-state index contributed by atoms with van der Waals surface area (Å²) in [4.78, 5) is 25.2. The summed E-state index contributed by atoms with van der Waals surface area (Å²) in [6.07, 6.45) is 1.74. The minimum Gasteiger partial charge on any atom is -0.365 e. The highest BCUT2D eigenvalue weighted by Crippen LogP contribution is 2.17. The zero-order chi connectivity index (χ0) is 20.4. The highest BCUT2D eigenvalue weighted by molar-refractivity contribution is 9.10. The van der Waals surface area contributed by atoms with E-state index in [1.807, 2.05) is 62.4 Å². The van der Waals surface area contributed by atoms with Crippen molar-refractivity contribution in [3.05, 3.63) is 83.2 Å². The molecule has 0 aliphatic rings. The van der Waals surface area contributed by atoms with Gasteiger partial charge in [0, 0.05) is 4.47 Å². The summed E-state index contributed by atoms with van der Waals surface area (Å²) in [6.45, 7) is 3.76. The van der Waals surface area contributed by atoms with Gasteiger partial charge >= 0.3 is 0 Å². The van der Waals surface area contributed by atoms with Gasteiger partial charge in [0.15, 0.2) is 5.57 Å². The summed E-state index contributed by atoms with van der Waals surface area (Å²) in [5, 5.41) is 9.48. The summed E-state index contributed by atoms with van der Waals surface area (Å²) < 4.78 is 2.89. The molecule has 0 atom stereocenters. The molecule has 1 heterocycles. The van der Waals surface area contributed by atoms with Crippen molar-refractivity contribution in [1.29, 1.82) is 5.26 Å². The number of nitriles is 1. The molecule has 0 spiro atoms. The van der Waals surface area contributed by atoms with Crippen LogP contribution in [0.2, 0.25) is 0 Å². The second-order valence-corrected chi connectivity index (χ2v) is 8.05. The minimum atomic E-state index is -0.865. The first kappa shape index (κ1) is 19.8. The lowest BCUT2D eigenvalue weighted by atomic mass is 10.1. The van der Waals surface area contributed by atoms with Crippen LogP contribution in [0, 0.1) is 25.2 Å². The first-order chi connectivity index (χ1) is 13.3. The monoisotopic (exact) mass is 453 g/mol. The molecule has 2 aromatic carbocycles. The van der Waals surface area contributed by atoms with Crippen molar-refractivity contribution in [2.24, 2.45) is 5.73 Å². The van der Waals surface area contributed by atoms with Crippen molar-refractivity contribution in [2.75, 3.05) is 0 Å². The Morgan fingerprint density at radius 3 is 2.39 bits per heavy atom. The SMILES string of the molecule is Cc1cccc(C)c1-n1c(=O)/c(=C/c2ccccc2Br)s/c1=C(\C#N)C(N)=O. The van der Waals surface area contributed by atoms with E-state index in [-0.39, 0.29) is 15.8 Å². The van der Waals surface area contributed by atoms with Crippen molar-refractivity contribution in [1.82, 2.24) is 4.57 Å². The van der Waals surface area contributed by atoms with Crippen LogP contribution in [0.5, 0.6) is 0 Å². The van der Waals surface area contributed by atoms with Crippen molar-refractivity contribution in [3.63, 3.8) is 0 Å². The molecule has 140 valence electrons. The number of primary amides is 1. The van der Waals surface area contributed by atoms with E-state index >= 15 is 0 Å². The number of aryl methyl sites for hydroxylation is 2. The molecule has 5 nitrogen and oxygen atoms in total. The first-order valence-electron chi connectivity index (χ1n) is 8.34. The number of nitrogens with two attached hydrogens (primary N) is 1. The standard InChI is InChI=1S/C21H16BrN3O2S/c1-12-6-5-7-13(2)18(12)25-20(27)17(10-14-8-3-4-9-16(14)22)28-21(25)15(11-23)19(24)26/h3-10H,1-2H3,(H2,24,26)/b17-10-,21-15+. The molecule has 0 unspecified atom stereocenters. The largest absolute Gasteiger partial charge is 0.365 e. The number of nitrogens with zero attached hydrogens (tertiary/aromatic N) is 2. The third kappa shape index (κ3) is 3.57. The van der Waals surface area contributed by atoms with Gasteiger partial charge in [0.05, 0.1) is 10.2 Å². The molecule has 1 aromatic heterocycles. The van der Waals surface area contributed by atoms with Crippen LogP contribution in [0.15, 0.2) is 51.7 Å². The van der Waals surface area contributed by atoms with E-state index in [2.05, 4.69) is 15.9 Å². The van der Waals surface area contributed by atoms with Gasteiger partial charge in [-0.15, -0.1) is 11.3 Å². The first-order valence-corrected chi connectivity index (χ1v) is 9.95. The molecule has 2 N–H and O–H groups in total. The number of benzene rings is 2. The number of para-hydroxylation sites is 1. The number of rotatable bonds is 3. The van der Waals surface area contributed by atoms with E-state index in [0.29, 0.717) is 10.2 Å². The van der Waals surface area contributed by atoms with E-state index < -0.39 is 5.91 Å². The third-order valence-corrected chi connectivity index (χ3v) is 6.07. The molecule has 0 aliphatic heterocycles. The third-order valence-electron chi connectivity index (χ3n) is 4.25. The Kier molecular flexibility index (Phi) is 5.63. The highest BCUT2D eigenvalue weighted by atomic mass is 79.9. The number of thiazole rings is 1. The summed E-state index contributed by atoms with van der Waals surface area (Å²) in [6, 6.07) is 15.0. The van der Waals surface area contributed by atoms with Gasteiger partial charge in [0.2, 0.25) is 0 Å². The van der Waals surface area contributed by atoms with Crippen LogP contribution in [-0.2, 0) is 4.79 Å². The van der Waals surface area contributed by atoms with Crippen LogP contribution in [-0.4, -0.2) is 10.5 Å². The molecule has 3 rings (SSSR count). The lowest BCUT2D eigenvalue weighted by Crippen LogP contribution is -2.33. The molecule has 1 amide bonds. The van der Waals surface area contributed by atoms with Gasteiger partial charge in [-0.1, -0.05) is 52.3 Å². The zero-order valence-corrected chi connectivity index (χ0v) is 17.6. The van der Waals surface area contributed by atoms with Crippen LogP contribution in [0.25, 0.3) is 17.3 Å². The van der Waals surface area contributed by atoms with Crippen LogP contribution < -0.4 is 20.5 Å². The Hall–Kier alpha value is -2.95. The van der Waals surface area contributed by atoms with E-state index in [9.17, 15) is 14.9 Å². The fraction of sp³-hybridized carbons (Fsp3) is 0.0952. The molecule has 3 aromatic rings. The van der Waals surface area contributed by atoms with Crippen molar-refractivity contribution < 1.29 is 4.79 Å². The number of carbonyl (C=O) groups excluding carboxylic acids is 1. The van der Waals surface area contributed by atoms with E-state index in [4.69, 9.17) is 5.73 Å². The smallest absolute Gasteiger partial charge is 0.273 e. The average Bonchev–Trinajstić information content (AvgIpc) is 2.94. The Morgan fingerprint density at radius 1 is 1.18 bits per heavy atom. The van der Waals surface area contributed by atoms with Gasteiger partial charge in [0.25, 0.3) is 11.5 Å². The summed E-state index contributed by atoms with van der Waals surface area (Å²) in [5.74, 6) is -0.865. The topological polar surface area (TPSA) is 88.9 Å². The maximum absolute atomic E-state index is 13.3. The number of carbonyl (C=O) groups is 1. The minimum absolute atomic E-state index is 0.232. The Balaban J connectivity index is 2.52. The summed E-state index contributed by atoms with van der Waals surface area (Å²) in [7, 11) is 0. The number of hydrogen-bond acceptors (Lipinski definition) is 4. The van der Waals surface area contributed by atoms with Crippen LogP contribution in [0.4, 0.5) is 0 Å². The molecule has 28 heavy (non-hydrogen) atoms. The van der Waals surface area contributed by atoms with Crippen molar-refractivity contribution in [3.8, 4) is 11.8 Å². The molecular weight excluding hydrogens is 438 g/mol. The lowest BCUT2D eigenvalue weighted by Gasteiger charge is -2.10. The molecule has 0 radical (unpaired) electrons. The molecule has 0 saturated carbocycles. The Labute approximate surface area is 173 Å². The van der Waals surface area contributed by atoms with E-state index in [1.165, 1.54) is 4.57 Å². The Morgan fingerprint density at radius 2 is 1.82 bits per heavy atom. The van der Waals surface area contributed by atoms with Crippen molar-refractivity contribution in [2.45, 2.75) is 13.8 Å². The van der Waals surface area contributed by atoms with Crippen molar-refractivity contribution >= 4 is 44.8 Å². The van der Waals surface area contributed by atoms with Gasteiger partial charge in [0.1, 0.15) is 10.7 Å².